The van der Waals surface area contributed by atoms with Crippen molar-refractivity contribution in [3.63, 3.8) is 0 Å². The van der Waals surface area contributed by atoms with Crippen molar-refractivity contribution in [2.24, 2.45) is 0 Å². The summed E-state index contributed by atoms with van der Waals surface area (Å²) in [5.41, 5.74) is 5.84. The molecule has 2 amide bonds. The van der Waals surface area contributed by atoms with Gasteiger partial charge in [0.15, 0.2) is 11.0 Å². The maximum absolute atomic E-state index is 12.2. The van der Waals surface area contributed by atoms with E-state index in [1.165, 1.54) is 11.3 Å². The summed E-state index contributed by atoms with van der Waals surface area (Å²) in [6.45, 7) is 8.92. The van der Waals surface area contributed by atoms with Crippen molar-refractivity contribution >= 4 is 28.4 Å². The zero-order chi connectivity index (χ0) is 23.3. The van der Waals surface area contributed by atoms with E-state index in [0.29, 0.717) is 55.5 Å². The van der Waals surface area contributed by atoms with Crippen LogP contribution in [0.4, 0.5) is 15.9 Å². The Morgan fingerprint density at radius 1 is 1.22 bits per heavy atom. The van der Waals surface area contributed by atoms with E-state index in [0.717, 1.165) is 18.0 Å². The molecule has 1 fully saturated rings. The van der Waals surface area contributed by atoms with Gasteiger partial charge in [-0.1, -0.05) is 11.3 Å². The molecule has 1 aliphatic heterocycles. The Bertz CT molecular complexity index is 897. The summed E-state index contributed by atoms with van der Waals surface area (Å²) in [4.78, 5) is 39.2. The molecule has 0 spiro atoms. The predicted molar refractivity (Wildman–Crippen MR) is 126 cm³/mol. The van der Waals surface area contributed by atoms with Crippen molar-refractivity contribution in [2.75, 3.05) is 71.2 Å². The molecule has 2 aromatic heterocycles. The highest BCUT2D eigenvalue weighted by Crippen LogP contribution is 2.26. The van der Waals surface area contributed by atoms with Crippen molar-refractivity contribution in [3.05, 3.63) is 12.0 Å². The number of anilines is 2. The van der Waals surface area contributed by atoms with E-state index >= 15 is 0 Å². The van der Waals surface area contributed by atoms with Gasteiger partial charge < -0.3 is 25.2 Å². The quantitative estimate of drug-likeness (QED) is 0.617. The third-order valence-corrected chi connectivity index (χ3v) is 6.04. The summed E-state index contributed by atoms with van der Waals surface area (Å²) in [5, 5.41) is 0.477. The van der Waals surface area contributed by atoms with Crippen LogP contribution in [-0.4, -0.2) is 107 Å². The fourth-order valence-electron chi connectivity index (χ4n) is 3.47. The molecule has 1 aliphatic rings. The van der Waals surface area contributed by atoms with Gasteiger partial charge in [0.25, 0.3) is 0 Å². The Hall–Kier alpha value is -2.57. The lowest BCUT2D eigenvalue weighted by Gasteiger charge is -2.35. The number of hydrogen-bond donors (Lipinski definition) is 1. The summed E-state index contributed by atoms with van der Waals surface area (Å²) in [6.07, 6.45) is 1.70. The molecule has 32 heavy (non-hydrogen) atoms. The van der Waals surface area contributed by atoms with Crippen LogP contribution in [-0.2, 0) is 11.3 Å². The molecule has 2 aromatic rings. The van der Waals surface area contributed by atoms with Gasteiger partial charge in [-0.15, -0.1) is 0 Å². The van der Waals surface area contributed by atoms with E-state index in [4.69, 9.17) is 25.4 Å². The maximum Gasteiger partial charge on any atom is 0.319 e. The number of aromatic nitrogens is 4. The minimum absolute atomic E-state index is 0.0443. The minimum atomic E-state index is 0.0443. The second-order valence-corrected chi connectivity index (χ2v) is 9.22. The molecule has 0 atom stereocenters. The Labute approximate surface area is 193 Å². The lowest BCUT2D eigenvalue weighted by Crippen LogP contribution is -2.51. The van der Waals surface area contributed by atoms with Crippen molar-refractivity contribution < 1.29 is 9.53 Å². The van der Waals surface area contributed by atoms with E-state index in [-0.39, 0.29) is 12.1 Å². The van der Waals surface area contributed by atoms with Crippen molar-refractivity contribution in [1.29, 1.82) is 0 Å². The van der Waals surface area contributed by atoms with E-state index in [1.807, 2.05) is 4.90 Å². The number of urea groups is 1. The molecule has 0 radical (unpaired) electrons. The molecule has 0 aromatic carbocycles. The van der Waals surface area contributed by atoms with Crippen LogP contribution in [0.1, 0.15) is 19.7 Å². The van der Waals surface area contributed by atoms with Crippen LogP contribution in [0.3, 0.4) is 0 Å². The average molecular weight is 464 g/mol. The molecule has 11 nitrogen and oxygen atoms in total. The number of rotatable bonds is 8. The number of carbonyl (C=O) groups excluding carboxylic acids is 1. The number of thiazole rings is 1. The highest BCUT2D eigenvalue weighted by molar-refractivity contribution is 7.18. The van der Waals surface area contributed by atoms with Crippen molar-refractivity contribution in [2.45, 2.75) is 26.4 Å². The number of hydrogen-bond acceptors (Lipinski definition) is 10. The molecular formula is C20H33N9O2S. The number of methoxy groups -OCH3 is 1. The molecule has 12 heteroatoms. The van der Waals surface area contributed by atoms with Gasteiger partial charge in [0.2, 0.25) is 5.95 Å². The Morgan fingerprint density at radius 3 is 2.50 bits per heavy atom. The highest BCUT2D eigenvalue weighted by Gasteiger charge is 2.24. The Kier molecular flexibility index (Phi) is 8.15. The second kappa shape index (κ2) is 10.8. The lowest BCUT2D eigenvalue weighted by molar-refractivity contribution is 0.118. The number of ether oxygens (including phenoxy) is 1. The number of nitrogens with zero attached hydrogens (tertiary/aromatic N) is 8. The van der Waals surface area contributed by atoms with Crippen LogP contribution in [0.2, 0.25) is 0 Å². The van der Waals surface area contributed by atoms with E-state index < -0.39 is 0 Å². The number of piperazine rings is 1. The first-order chi connectivity index (χ1) is 15.3. The van der Waals surface area contributed by atoms with Crippen LogP contribution in [0.15, 0.2) is 6.20 Å². The van der Waals surface area contributed by atoms with Gasteiger partial charge in [-0.3, -0.25) is 4.90 Å². The molecule has 3 rings (SSSR count). The number of nitrogen functional groups attached to an aromatic ring is 1. The third-order valence-electron chi connectivity index (χ3n) is 5.22. The zero-order valence-corrected chi connectivity index (χ0v) is 20.3. The van der Waals surface area contributed by atoms with Crippen LogP contribution >= 0.6 is 11.3 Å². The summed E-state index contributed by atoms with van der Waals surface area (Å²) in [7, 11) is 5.24. The van der Waals surface area contributed by atoms with Crippen molar-refractivity contribution in [3.8, 4) is 10.7 Å². The van der Waals surface area contributed by atoms with Crippen LogP contribution in [0, 0.1) is 0 Å². The van der Waals surface area contributed by atoms with Gasteiger partial charge in [0.05, 0.1) is 24.2 Å². The van der Waals surface area contributed by atoms with Gasteiger partial charge in [0.1, 0.15) is 5.82 Å². The van der Waals surface area contributed by atoms with Crippen LogP contribution in [0.5, 0.6) is 0 Å². The predicted octanol–water partition coefficient (Wildman–Crippen LogP) is 1.24. The minimum Gasteiger partial charge on any atom is -0.383 e. The number of carbonyl (C=O) groups is 1. The fraction of sp³-hybridized carbons (Fsp3) is 0.650. The Balaban J connectivity index is 1.82. The smallest absolute Gasteiger partial charge is 0.319 e. The molecule has 3 heterocycles. The molecule has 1 saturated heterocycles. The molecule has 0 unspecified atom stereocenters. The lowest BCUT2D eigenvalue weighted by atomic mass is 10.3. The Morgan fingerprint density at radius 2 is 1.94 bits per heavy atom. The SMILES string of the molecule is COCCN(c1nc(CN2CCN(C(=O)N(C)C)CC2)nc(-c2cnc(N)s2)n1)C(C)C. The normalized spacial score (nSPS) is 14.8. The van der Waals surface area contributed by atoms with Crippen LogP contribution < -0.4 is 10.6 Å². The fourth-order valence-corrected chi connectivity index (χ4v) is 4.09. The standard InChI is InChI=1S/C20H33N9O2S/c1-14(2)29(10-11-31-5)19-24-16(23-17(25-19)15-12-22-18(21)32-15)13-27-6-8-28(9-7-27)20(30)26(3)4/h12,14H,6-11,13H2,1-5H3,(H2,21,22). The van der Waals surface area contributed by atoms with E-state index in [1.54, 1.807) is 32.3 Å². The van der Waals surface area contributed by atoms with E-state index in [9.17, 15) is 4.79 Å². The largest absolute Gasteiger partial charge is 0.383 e. The van der Waals surface area contributed by atoms with Gasteiger partial charge in [0, 0.05) is 60.0 Å². The first-order valence-electron chi connectivity index (χ1n) is 10.7. The summed E-state index contributed by atoms with van der Waals surface area (Å²) in [5.74, 6) is 1.88. The van der Waals surface area contributed by atoms with Gasteiger partial charge in [-0.05, 0) is 13.8 Å². The first kappa shape index (κ1) is 24.1. The third kappa shape index (κ3) is 6.02. The second-order valence-electron chi connectivity index (χ2n) is 8.16. The molecule has 0 saturated carbocycles. The molecule has 0 aliphatic carbocycles. The van der Waals surface area contributed by atoms with Crippen LogP contribution in [0.25, 0.3) is 10.7 Å². The van der Waals surface area contributed by atoms with Gasteiger partial charge >= 0.3 is 6.03 Å². The number of nitrogens with two attached hydrogens (primary N) is 1. The molecule has 176 valence electrons. The monoisotopic (exact) mass is 463 g/mol. The van der Waals surface area contributed by atoms with Crippen molar-refractivity contribution in [1.82, 2.24) is 34.6 Å². The number of amides is 2. The molecule has 2 N–H and O–H groups in total. The maximum atomic E-state index is 12.2. The average Bonchev–Trinajstić information content (AvgIpc) is 3.20. The summed E-state index contributed by atoms with van der Waals surface area (Å²) in [6, 6.07) is 0.239. The molecular weight excluding hydrogens is 430 g/mol. The van der Waals surface area contributed by atoms with Gasteiger partial charge in [-0.2, -0.15) is 9.97 Å². The molecule has 0 bridgehead atoms. The van der Waals surface area contributed by atoms with E-state index in [2.05, 4.69) is 28.6 Å². The zero-order valence-electron chi connectivity index (χ0n) is 19.5. The summed E-state index contributed by atoms with van der Waals surface area (Å²) < 4.78 is 5.28. The topological polar surface area (TPSA) is 117 Å². The van der Waals surface area contributed by atoms with Gasteiger partial charge in [-0.25, -0.2) is 14.8 Å². The summed E-state index contributed by atoms with van der Waals surface area (Å²) >= 11 is 1.36. The first-order valence-corrected chi connectivity index (χ1v) is 11.5. The highest BCUT2D eigenvalue weighted by atomic mass is 32.1.